The molecule has 19 heavy (non-hydrogen) atoms. The fraction of sp³-hybridized carbons (Fsp3) is 0.636. The van der Waals surface area contributed by atoms with Crippen LogP contribution in [0.3, 0.4) is 0 Å². The van der Waals surface area contributed by atoms with Gasteiger partial charge in [-0.3, -0.25) is 4.79 Å². The van der Waals surface area contributed by atoms with E-state index in [0.29, 0.717) is 36.5 Å². The molecule has 0 aliphatic heterocycles. The quantitative estimate of drug-likeness (QED) is 0.760. The molecule has 1 heterocycles. The van der Waals surface area contributed by atoms with Crippen LogP contribution < -0.4 is 5.32 Å². The Bertz CT molecular complexity index is 531. The minimum absolute atomic E-state index is 0.252. The lowest BCUT2D eigenvalue weighted by Crippen LogP contribution is -2.31. The van der Waals surface area contributed by atoms with Crippen LogP contribution in [-0.2, 0) is 10.0 Å². The van der Waals surface area contributed by atoms with Crippen LogP contribution in [0.2, 0.25) is 0 Å². The molecule has 1 amide bonds. The van der Waals surface area contributed by atoms with Crippen molar-refractivity contribution in [1.82, 2.24) is 14.8 Å². The van der Waals surface area contributed by atoms with Gasteiger partial charge in [0.2, 0.25) is 10.0 Å². The van der Waals surface area contributed by atoms with E-state index in [0.717, 1.165) is 6.26 Å². The number of aryl methyl sites for hydroxylation is 2. The third kappa shape index (κ3) is 4.32. The molecule has 8 heteroatoms. The summed E-state index contributed by atoms with van der Waals surface area (Å²) in [5.41, 5.74) is 0.986. The Hall–Kier alpha value is -1.41. The number of sulfonamides is 1. The number of carbonyl (C=O) groups excluding carboxylic acids is 1. The molecule has 0 saturated carbocycles. The van der Waals surface area contributed by atoms with E-state index in [-0.39, 0.29) is 5.91 Å². The minimum Gasteiger partial charge on any atom is -0.361 e. The van der Waals surface area contributed by atoms with Crippen LogP contribution in [0.25, 0.3) is 0 Å². The van der Waals surface area contributed by atoms with Crippen molar-refractivity contribution < 1.29 is 17.7 Å². The van der Waals surface area contributed by atoms with Crippen LogP contribution in [0.1, 0.15) is 28.2 Å². The van der Waals surface area contributed by atoms with Gasteiger partial charge < -0.3 is 9.84 Å². The largest absolute Gasteiger partial charge is 0.361 e. The fourth-order valence-electron chi connectivity index (χ4n) is 1.57. The van der Waals surface area contributed by atoms with Gasteiger partial charge in [0.05, 0.1) is 11.9 Å². The molecule has 0 fully saturated rings. The first kappa shape index (κ1) is 15.6. The Kier molecular flexibility index (Phi) is 5.07. The zero-order valence-electron chi connectivity index (χ0n) is 11.6. The summed E-state index contributed by atoms with van der Waals surface area (Å²) in [6.07, 6.45) is 1.69. The van der Waals surface area contributed by atoms with Gasteiger partial charge in [-0.05, 0) is 20.3 Å². The van der Waals surface area contributed by atoms with Crippen molar-refractivity contribution in [2.24, 2.45) is 0 Å². The lowest BCUT2D eigenvalue weighted by atomic mass is 10.2. The molecule has 0 atom stereocenters. The molecule has 1 aromatic rings. The van der Waals surface area contributed by atoms with Gasteiger partial charge in [-0.25, -0.2) is 12.7 Å². The monoisotopic (exact) mass is 289 g/mol. The van der Waals surface area contributed by atoms with Crippen molar-refractivity contribution in [2.45, 2.75) is 20.3 Å². The molecule has 1 N–H and O–H groups in total. The summed E-state index contributed by atoms with van der Waals surface area (Å²) in [5, 5.41) is 6.42. The number of hydrogen-bond acceptors (Lipinski definition) is 5. The molecular weight excluding hydrogens is 270 g/mol. The Labute approximate surface area is 113 Å². The van der Waals surface area contributed by atoms with Crippen molar-refractivity contribution in [3.63, 3.8) is 0 Å². The number of nitrogens with one attached hydrogen (secondary N) is 1. The van der Waals surface area contributed by atoms with Crippen molar-refractivity contribution in [1.29, 1.82) is 0 Å². The molecule has 7 nitrogen and oxygen atoms in total. The molecule has 108 valence electrons. The summed E-state index contributed by atoms with van der Waals surface area (Å²) in [4.78, 5) is 11.8. The molecule has 1 aromatic heterocycles. The molecule has 0 unspecified atom stereocenters. The lowest BCUT2D eigenvalue weighted by Gasteiger charge is -2.13. The molecule has 0 bridgehead atoms. The smallest absolute Gasteiger partial charge is 0.256 e. The molecule has 0 saturated heterocycles. The first-order chi connectivity index (χ1) is 8.73. The third-order valence-corrected chi connectivity index (χ3v) is 4.08. The number of rotatable bonds is 6. The second kappa shape index (κ2) is 6.16. The SMILES string of the molecule is Cc1noc(C)c1C(=O)NCCCN(C)S(C)(=O)=O. The average molecular weight is 289 g/mol. The zero-order valence-corrected chi connectivity index (χ0v) is 12.4. The van der Waals surface area contributed by atoms with Crippen LogP contribution in [0.15, 0.2) is 4.52 Å². The van der Waals surface area contributed by atoms with Crippen LogP contribution >= 0.6 is 0 Å². The van der Waals surface area contributed by atoms with Crippen LogP contribution in [0.5, 0.6) is 0 Å². The molecule has 0 aromatic carbocycles. The van der Waals surface area contributed by atoms with Gasteiger partial charge in [0, 0.05) is 20.1 Å². The van der Waals surface area contributed by atoms with Gasteiger partial charge in [0.25, 0.3) is 5.91 Å². The number of nitrogens with zero attached hydrogens (tertiary/aromatic N) is 2. The van der Waals surface area contributed by atoms with Crippen LogP contribution in [0.4, 0.5) is 0 Å². The normalized spacial score (nSPS) is 11.8. The first-order valence-electron chi connectivity index (χ1n) is 5.86. The maximum atomic E-state index is 11.8. The standard InChI is InChI=1S/C11H19N3O4S/c1-8-10(9(2)18-13-8)11(15)12-6-5-7-14(3)19(4,16)17/h5-7H2,1-4H3,(H,12,15). The highest BCUT2D eigenvalue weighted by molar-refractivity contribution is 7.88. The maximum absolute atomic E-state index is 11.8. The summed E-state index contributed by atoms with van der Waals surface area (Å²) in [5.74, 6) is 0.224. The van der Waals surface area contributed by atoms with Crippen molar-refractivity contribution in [3.8, 4) is 0 Å². The molecular formula is C11H19N3O4S. The number of amides is 1. The molecule has 0 aliphatic rings. The number of hydrogen-bond donors (Lipinski definition) is 1. The average Bonchev–Trinajstić information content (AvgIpc) is 2.62. The Morgan fingerprint density at radius 2 is 2.05 bits per heavy atom. The van der Waals surface area contributed by atoms with Crippen LogP contribution in [0, 0.1) is 13.8 Å². The highest BCUT2D eigenvalue weighted by atomic mass is 32.2. The van der Waals surface area contributed by atoms with Gasteiger partial charge in [0.15, 0.2) is 0 Å². The Morgan fingerprint density at radius 1 is 1.42 bits per heavy atom. The fourth-order valence-corrected chi connectivity index (χ4v) is 2.03. The minimum atomic E-state index is -3.16. The highest BCUT2D eigenvalue weighted by Crippen LogP contribution is 2.11. The van der Waals surface area contributed by atoms with E-state index in [1.807, 2.05) is 0 Å². The second-order valence-corrected chi connectivity index (χ2v) is 6.48. The molecule has 0 radical (unpaired) electrons. The molecule has 1 rings (SSSR count). The topological polar surface area (TPSA) is 92.5 Å². The summed E-state index contributed by atoms with van der Waals surface area (Å²) in [6, 6.07) is 0. The first-order valence-corrected chi connectivity index (χ1v) is 7.70. The second-order valence-electron chi connectivity index (χ2n) is 4.39. The van der Waals surface area contributed by atoms with Gasteiger partial charge in [-0.1, -0.05) is 5.16 Å². The number of carbonyl (C=O) groups is 1. The summed E-state index contributed by atoms with van der Waals surface area (Å²) in [6.45, 7) is 4.12. The Balaban J connectivity index is 2.41. The maximum Gasteiger partial charge on any atom is 0.256 e. The van der Waals surface area contributed by atoms with Gasteiger partial charge in [-0.15, -0.1) is 0 Å². The highest BCUT2D eigenvalue weighted by Gasteiger charge is 2.17. The van der Waals surface area contributed by atoms with E-state index in [4.69, 9.17) is 4.52 Å². The van der Waals surface area contributed by atoms with Gasteiger partial charge in [0.1, 0.15) is 11.3 Å². The van der Waals surface area contributed by atoms with E-state index >= 15 is 0 Å². The van der Waals surface area contributed by atoms with E-state index in [2.05, 4.69) is 10.5 Å². The van der Waals surface area contributed by atoms with Crippen LogP contribution in [-0.4, -0.2) is 50.2 Å². The predicted molar refractivity (Wildman–Crippen MR) is 70.4 cm³/mol. The van der Waals surface area contributed by atoms with Crippen molar-refractivity contribution in [3.05, 3.63) is 17.0 Å². The summed E-state index contributed by atoms with van der Waals surface area (Å²) in [7, 11) is -1.66. The third-order valence-electron chi connectivity index (χ3n) is 2.76. The van der Waals surface area contributed by atoms with Crippen molar-refractivity contribution >= 4 is 15.9 Å². The van der Waals surface area contributed by atoms with E-state index < -0.39 is 10.0 Å². The van der Waals surface area contributed by atoms with E-state index in [1.54, 1.807) is 13.8 Å². The zero-order chi connectivity index (χ0) is 14.6. The van der Waals surface area contributed by atoms with E-state index in [9.17, 15) is 13.2 Å². The van der Waals surface area contributed by atoms with Gasteiger partial charge in [-0.2, -0.15) is 0 Å². The Morgan fingerprint density at radius 3 is 2.53 bits per heavy atom. The van der Waals surface area contributed by atoms with Gasteiger partial charge >= 0.3 is 0 Å². The van der Waals surface area contributed by atoms with E-state index in [1.165, 1.54) is 11.4 Å². The molecule has 0 aliphatic carbocycles. The predicted octanol–water partition coefficient (Wildman–Crippen LogP) is 0.303. The summed E-state index contributed by atoms with van der Waals surface area (Å²) >= 11 is 0. The van der Waals surface area contributed by atoms with Crippen molar-refractivity contribution in [2.75, 3.05) is 26.4 Å². The lowest BCUT2D eigenvalue weighted by molar-refractivity contribution is 0.0951. The number of aromatic nitrogens is 1. The molecule has 0 spiro atoms. The summed E-state index contributed by atoms with van der Waals surface area (Å²) < 4.78 is 28.5.